The van der Waals surface area contributed by atoms with E-state index in [1.807, 2.05) is 25.7 Å². The molecule has 3 nitrogen and oxygen atoms in total. The van der Waals surface area contributed by atoms with Crippen molar-refractivity contribution in [1.82, 2.24) is 0 Å². The SMILES string of the molecule is Cc1cc(Br)cc2c1N(C(=O)OC(C)(C)C)C(C1CC1)CC2. The predicted octanol–water partition coefficient (Wildman–Crippen LogP) is 5.22. The molecule has 1 fully saturated rings. The van der Waals surface area contributed by atoms with Gasteiger partial charge in [-0.15, -0.1) is 0 Å². The van der Waals surface area contributed by atoms with Gasteiger partial charge in [0, 0.05) is 10.5 Å². The van der Waals surface area contributed by atoms with E-state index in [4.69, 9.17) is 4.74 Å². The van der Waals surface area contributed by atoms with E-state index in [9.17, 15) is 4.79 Å². The number of aryl methyl sites for hydroxylation is 2. The van der Waals surface area contributed by atoms with Gasteiger partial charge in [-0.2, -0.15) is 0 Å². The first kappa shape index (κ1) is 15.9. The van der Waals surface area contributed by atoms with Crippen molar-refractivity contribution < 1.29 is 9.53 Å². The van der Waals surface area contributed by atoms with Gasteiger partial charge in [-0.1, -0.05) is 15.9 Å². The normalized spacial score (nSPS) is 21.5. The van der Waals surface area contributed by atoms with Crippen LogP contribution in [0.1, 0.15) is 51.2 Å². The van der Waals surface area contributed by atoms with Crippen molar-refractivity contribution in [3.05, 3.63) is 27.7 Å². The summed E-state index contributed by atoms with van der Waals surface area (Å²) < 4.78 is 6.78. The number of nitrogens with zero attached hydrogens (tertiary/aromatic N) is 1. The Labute approximate surface area is 141 Å². The topological polar surface area (TPSA) is 29.5 Å². The Morgan fingerprint density at radius 1 is 1.27 bits per heavy atom. The Kier molecular flexibility index (Phi) is 4.00. The van der Waals surface area contributed by atoms with Gasteiger partial charge in [-0.3, -0.25) is 4.90 Å². The summed E-state index contributed by atoms with van der Waals surface area (Å²) in [5, 5.41) is 0. The smallest absolute Gasteiger partial charge is 0.415 e. The van der Waals surface area contributed by atoms with Crippen LogP contribution < -0.4 is 4.90 Å². The largest absolute Gasteiger partial charge is 0.443 e. The summed E-state index contributed by atoms with van der Waals surface area (Å²) in [6.45, 7) is 7.86. The van der Waals surface area contributed by atoms with E-state index in [-0.39, 0.29) is 6.09 Å². The maximum Gasteiger partial charge on any atom is 0.415 e. The van der Waals surface area contributed by atoms with Crippen molar-refractivity contribution in [1.29, 1.82) is 0 Å². The molecular weight excluding hydrogens is 342 g/mol. The van der Waals surface area contributed by atoms with E-state index in [0.717, 1.165) is 28.6 Å². The van der Waals surface area contributed by atoms with Crippen LogP contribution in [0.3, 0.4) is 0 Å². The molecule has 1 unspecified atom stereocenters. The number of halogens is 1. The van der Waals surface area contributed by atoms with Crippen LogP contribution in [0, 0.1) is 12.8 Å². The maximum atomic E-state index is 12.8. The van der Waals surface area contributed by atoms with Crippen molar-refractivity contribution >= 4 is 27.7 Å². The number of ether oxygens (including phenoxy) is 1. The number of fused-ring (bicyclic) bond motifs is 1. The summed E-state index contributed by atoms with van der Waals surface area (Å²) in [6.07, 6.45) is 4.34. The van der Waals surface area contributed by atoms with E-state index >= 15 is 0 Å². The first-order valence-corrected chi connectivity index (χ1v) is 8.87. The molecule has 1 aromatic carbocycles. The highest BCUT2D eigenvalue weighted by atomic mass is 79.9. The second kappa shape index (κ2) is 5.55. The molecule has 0 aromatic heterocycles. The third-order valence-electron chi connectivity index (χ3n) is 4.38. The Hall–Kier alpha value is -1.03. The van der Waals surface area contributed by atoms with Gasteiger partial charge in [0.2, 0.25) is 0 Å². The predicted molar refractivity (Wildman–Crippen MR) is 92.4 cm³/mol. The van der Waals surface area contributed by atoms with Crippen molar-refractivity contribution in [2.75, 3.05) is 4.90 Å². The second-order valence-corrected chi connectivity index (χ2v) is 8.44. The number of carbonyl (C=O) groups excluding carboxylic acids is 1. The zero-order valence-corrected chi connectivity index (χ0v) is 15.4. The molecule has 0 bridgehead atoms. The highest BCUT2D eigenvalue weighted by molar-refractivity contribution is 9.10. The summed E-state index contributed by atoms with van der Waals surface area (Å²) in [6, 6.07) is 4.52. The van der Waals surface area contributed by atoms with E-state index < -0.39 is 5.60 Å². The average Bonchev–Trinajstić information content (AvgIpc) is 3.19. The molecule has 1 aromatic rings. The lowest BCUT2D eigenvalue weighted by molar-refractivity contribution is 0.0555. The fraction of sp³-hybridized carbons (Fsp3) is 0.611. The van der Waals surface area contributed by atoms with Crippen LogP contribution in [0.15, 0.2) is 16.6 Å². The minimum Gasteiger partial charge on any atom is -0.443 e. The lowest BCUT2D eigenvalue weighted by Crippen LogP contribution is -2.47. The molecule has 1 aliphatic heterocycles. The van der Waals surface area contributed by atoms with E-state index in [1.54, 1.807) is 0 Å². The monoisotopic (exact) mass is 365 g/mol. The lowest BCUT2D eigenvalue weighted by Gasteiger charge is -2.39. The van der Waals surface area contributed by atoms with Crippen LogP contribution >= 0.6 is 15.9 Å². The van der Waals surface area contributed by atoms with Crippen LogP contribution in [-0.2, 0) is 11.2 Å². The zero-order chi connectivity index (χ0) is 16.1. The number of rotatable bonds is 1. The third kappa shape index (κ3) is 3.17. The molecule has 0 spiro atoms. The molecular formula is C18H24BrNO2. The number of amides is 1. The molecule has 0 saturated heterocycles. The molecule has 2 aliphatic rings. The van der Waals surface area contributed by atoms with Crippen molar-refractivity contribution in [3.8, 4) is 0 Å². The molecule has 1 heterocycles. The van der Waals surface area contributed by atoms with Gasteiger partial charge in [-0.25, -0.2) is 4.79 Å². The fourth-order valence-electron chi connectivity index (χ4n) is 3.40. The Balaban J connectivity index is 2.01. The molecule has 1 amide bonds. The molecule has 22 heavy (non-hydrogen) atoms. The molecule has 120 valence electrons. The number of carbonyl (C=O) groups is 1. The van der Waals surface area contributed by atoms with Crippen molar-refractivity contribution in [3.63, 3.8) is 0 Å². The fourth-order valence-corrected chi connectivity index (χ4v) is 4.02. The molecule has 4 heteroatoms. The van der Waals surface area contributed by atoms with Gasteiger partial charge in [-0.05, 0) is 82.6 Å². The summed E-state index contributed by atoms with van der Waals surface area (Å²) >= 11 is 3.57. The standard InChI is InChI=1S/C18H24BrNO2/c1-11-9-14(19)10-13-7-8-15(12-5-6-12)20(16(11)13)17(21)22-18(2,3)4/h9-10,12,15H,5-8H2,1-4H3. The van der Waals surface area contributed by atoms with Crippen LogP contribution in [0.2, 0.25) is 0 Å². The van der Waals surface area contributed by atoms with Crippen LogP contribution in [0.4, 0.5) is 10.5 Å². The number of anilines is 1. The highest BCUT2D eigenvalue weighted by Gasteiger charge is 2.42. The van der Waals surface area contributed by atoms with E-state index in [0.29, 0.717) is 12.0 Å². The van der Waals surface area contributed by atoms with Crippen molar-refractivity contribution in [2.45, 2.75) is 65.0 Å². The van der Waals surface area contributed by atoms with E-state index in [1.165, 1.54) is 18.4 Å². The van der Waals surface area contributed by atoms with Crippen LogP contribution in [-0.4, -0.2) is 17.7 Å². The molecule has 1 aliphatic carbocycles. The second-order valence-electron chi connectivity index (χ2n) is 7.52. The molecule has 1 atom stereocenters. The van der Waals surface area contributed by atoms with Gasteiger partial charge >= 0.3 is 6.09 Å². The van der Waals surface area contributed by atoms with Crippen LogP contribution in [0.5, 0.6) is 0 Å². The van der Waals surface area contributed by atoms with Gasteiger partial charge in [0.15, 0.2) is 0 Å². The summed E-state index contributed by atoms with van der Waals surface area (Å²) in [5.74, 6) is 0.642. The lowest BCUT2D eigenvalue weighted by atomic mass is 9.91. The quantitative estimate of drug-likeness (QED) is 0.682. The number of hydrogen-bond donors (Lipinski definition) is 0. The summed E-state index contributed by atoms with van der Waals surface area (Å²) in [5.41, 5.74) is 2.99. The summed E-state index contributed by atoms with van der Waals surface area (Å²) in [7, 11) is 0. The molecule has 0 N–H and O–H groups in total. The Morgan fingerprint density at radius 3 is 2.55 bits per heavy atom. The highest BCUT2D eigenvalue weighted by Crippen LogP contribution is 2.45. The van der Waals surface area contributed by atoms with Gasteiger partial charge < -0.3 is 4.74 Å². The molecule has 0 radical (unpaired) electrons. The van der Waals surface area contributed by atoms with Crippen molar-refractivity contribution in [2.24, 2.45) is 5.92 Å². The first-order valence-electron chi connectivity index (χ1n) is 8.07. The maximum absolute atomic E-state index is 12.8. The number of benzene rings is 1. The Morgan fingerprint density at radius 2 is 1.95 bits per heavy atom. The van der Waals surface area contributed by atoms with Gasteiger partial charge in [0.25, 0.3) is 0 Å². The Bertz CT molecular complexity index is 602. The third-order valence-corrected chi connectivity index (χ3v) is 4.84. The summed E-state index contributed by atoms with van der Waals surface area (Å²) in [4.78, 5) is 14.8. The van der Waals surface area contributed by atoms with Gasteiger partial charge in [0.05, 0.1) is 5.69 Å². The number of hydrogen-bond acceptors (Lipinski definition) is 2. The minimum absolute atomic E-state index is 0.198. The average molecular weight is 366 g/mol. The first-order chi connectivity index (χ1) is 10.3. The van der Waals surface area contributed by atoms with Gasteiger partial charge in [0.1, 0.15) is 5.60 Å². The zero-order valence-electron chi connectivity index (χ0n) is 13.8. The molecule has 3 rings (SSSR count). The molecule has 1 saturated carbocycles. The van der Waals surface area contributed by atoms with E-state index in [2.05, 4.69) is 35.0 Å². The minimum atomic E-state index is -0.466. The van der Waals surface area contributed by atoms with Crippen LogP contribution in [0.25, 0.3) is 0 Å².